The molecule has 33 heavy (non-hydrogen) atoms. The Balaban J connectivity index is 1.71. The highest BCUT2D eigenvalue weighted by atomic mass is 32.1. The van der Waals surface area contributed by atoms with E-state index in [1.807, 2.05) is 23.1 Å². The van der Waals surface area contributed by atoms with Crippen molar-refractivity contribution in [3.05, 3.63) is 71.1 Å². The lowest BCUT2D eigenvalue weighted by Gasteiger charge is -2.38. The maximum absolute atomic E-state index is 13.7. The summed E-state index contributed by atoms with van der Waals surface area (Å²) in [7, 11) is 0. The average Bonchev–Trinajstić information content (AvgIpc) is 3.16. The zero-order chi connectivity index (χ0) is 23.1. The Morgan fingerprint density at radius 3 is 2.33 bits per heavy atom. The number of pyridine rings is 1. The number of amides is 1. The average molecular weight is 456 g/mol. The van der Waals surface area contributed by atoms with Crippen molar-refractivity contribution in [2.45, 2.75) is 52.1 Å². The highest BCUT2D eigenvalue weighted by Gasteiger charge is 2.32. The molecule has 0 bridgehead atoms. The Morgan fingerprint density at radius 2 is 1.67 bits per heavy atom. The molecule has 4 nitrogen and oxygen atoms in total. The van der Waals surface area contributed by atoms with Gasteiger partial charge in [-0.3, -0.25) is 4.79 Å². The number of likely N-dealkylation sites (tertiary alicyclic amines) is 1. The molecule has 0 saturated carbocycles. The second-order valence-electron chi connectivity index (χ2n) is 9.15. The van der Waals surface area contributed by atoms with Crippen LogP contribution in [0.2, 0.25) is 0 Å². The molecule has 0 radical (unpaired) electrons. The molecule has 1 aliphatic rings. The van der Waals surface area contributed by atoms with Crippen LogP contribution >= 0.6 is 11.3 Å². The molecule has 2 N–H and O–H groups in total. The van der Waals surface area contributed by atoms with Crippen LogP contribution in [0.5, 0.6) is 0 Å². The summed E-state index contributed by atoms with van der Waals surface area (Å²) in [6, 6.07) is 21.2. The van der Waals surface area contributed by atoms with Crippen LogP contribution in [0.3, 0.4) is 0 Å². The fourth-order valence-electron chi connectivity index (χ4n) is 4.94. The van der Waals surface area contributed by atoms with Gasteiger partial charge in [0.1, 0.15) is 9.71 Å². The van der Waals surface area contributed by atoms with Crippen LogP contribution in [0.1, 0.15) is 48.3 Å². The maximum Gasteiger partial charge on any atom is 0.266 e. The summed E-state index contributed by atoms with van der Waals surface area (Å²) < 4.78 is 0. The number of carbonyl (C=O) groups is 1. The maximum atomic E-state index is 13.7. The molecule has 4 aromatic rings. The fraction of sp³-hybridized carbons (Fsp3) is 0.286. The van der Waals surface area contributed by atoms with Gasteiger partial charge in [0.05, 0.1) is 11.4 Å². The third-order valence-electron chi connectivity index (χ3n) is 6.75. The molecular formula is C28H29N3OS. The highest BCUT2D eigenvalue weighted by molar-refractivity contribution is 7.21. The quantitative estimate of drug-likeness (QED) is 0.365. The van der Waals surface area contributed by atoms with E-state index < -0.39 is 0 Å². The van der Waals surface area contributed by atoms with Gasteiger partial charge >= 0.3 is 0 Å². The molecule has 5 rings (SSSR count). The van der Waals surface area contributed by atoms with Gasteiger partial charge in [0.2, 0.25) is 0 Å². The molecule has 2 aromatic carbocycles. The summed E-state index contributed by atoms with van der Waals surface area (Å²) >= 11 is 1.42. The standard InChI is InChI=1S/C28H29N3OS/c1-17-12-14-20(15-13-17)22-16-23(21-10-5-4-6-11-21)30-27-24(22)25(29)26(33-27)28(32)31-18(2)8-7-9-19(31)3/h4-6,10-16,18-19H,7-9,29H2,1-3H3/t18-,19-/m1/s1. The molecule has 1 saturated heterocycles. The molecule has 2 atom stereocenters. The summed E-state index contributed by atoms with van der Waals surface area (Å²) in [6.45, 7) is 6.36. The lowest BCUT2D eigenvalue weighted by molar-refractivity contribution is 0.0517. The van der Waals surface area contributed by atoms with Crippen molar-refractivity contribution in [3.8, 4) is 22.4 Å². The number of carbonyl (C=O) groups excluding carboxylic acids is 1. The molecule has 0 spiro atoms. The van der Waals surface area contributed by atoms with E-state index in [0.717, 1.165) is 51.9 Å². The number of nitrogen functional groups attached to an aromatic ring is 1. The van der Waals surface area contributed by atoms with E-state index in [1.165, 1.54) is 16.9 Å². The molecule has 168 valence electrons. The number of anilines is 1. The number of hydrogen-bond acceptors (Lipinski definition) is 4. The molecule has 0 unspecified atom stereocenters. The van der Waals surface area contributed by atoms with Crippen LogP contribution in [0.15, 0.2) is 60.7 Å². The molecule has 1 fully saturated rings. The first-order valence-corrected chi connectivity index (χ1v) is 12.4. The Morgan fingerprint density at radius 1 is 1.00 bits per heavy atom. The Labute approximate surface area is 199 Å². The van der Waals surface area contributed by atoms with Crippen molar-refractivity contribution in [3.63, 3.8) is 0 Å². The summed E-state index contributed by atoms with van der Waals surface area (Å²) in [4.78, 5) is 22.1. The van der Waals surface area contributed by atoms with Crippen molar-refractivity contribution in [2.24, 2.45) is 0 Å². The molecule has 5 heteroatoms. The Kier molecular flexibility index (Phi) is 5.67. The highest BCUT2D eigenvalue weighted by Crippen LogP contribution is 2.42. The number of aryl methyl sites for hydroxylation is 1. The SMILES string of the molecule is Cc1ccc(-c2cc(-c3ccccc3)nc3sc(C(=O)N4[C@H](C)CCC[C@H]4C)c(N)c23)cc1. The summed E-state index contributed by atoms with van der Waals surface area (Å²) in [5, 5.41) is 0.879. The Hall–Kier alpha value is -3.18. The van der Waals surface area contributed by atoms with E-state index in [0.29, 0.717) is 10.6 Å². The van der Waals surface area contributed by atoms with Gasteiger partial charge in [-0.05, 0) is 57.2 Å². The number of piperidine rings is 1. The molecular weight excluding hydrogens is 426 g/mol. The molecule has 2 aromatic heterocycles. The topological polar surface area (TPSA) is 59.2 Å². The molecule has 1 aliphatic heterocycles. The van der Waals surface area contributed by atoms with E-state index in [4.69, 9.17) is 10.7 Å². The zero-order valence-corrected chi connectivity index (χ0v) is 20.2. The van der Waals surface area contributed by atoms with Gasteiger partial charge in [0, 0.05) is 23.0 Å². The predicted molar refractivity (Wildman–Crippen MR) is 139 cm³/mol. The van der Waals surface area contributed by atoms with Crippen LogP contribution in [-0.4, -0.2) is 27.9 Å². The third-order valence-corrected chi connectivity index (χ3v) is 7.84. The minimum Gasteiger partial charge on any atom is -0.397 e. The van der Waals surface area contributed by atoms with Gasteiger partial charge < -0.3 is 10.6 Å². The monoisotopic (exact) mass is 455 g/mol. The largest absolute Gasteiger partial charge is 0.397 e. The van der Waals surface area contributed by atoms with Crippen LogP contribution < -0.4 is 5.73 Å². The van der Waals surface area contributed by atoms with E-state index in [2.05, 4.69) is 63.2 Å². The van der Waals surface area contributed by atoms with E-state index in [-0.39, 0.29) is 18.0 Å². The second-order valence-corrected chi connectivity index (χ2v) is 10.2. The van der Waals surface area contributed by atoms with Crippen molar-refractivity contribution in [1.82, 2.24) is 9.88 Å². The lowest BCUT2D eigenvalue weighted by atomic mass is 9.96. The third kappa shape index (κ3) is 3.91. The number of fused-ring (bicyclic) bond motifs is 1. The first kappa shape index (κ1) is 21.7. The van der Waals surface area contributed by atoms with Crippen molar-refractivity contribution >= 4 is 33.1 Å². The van der Waals surface area contributed by atoms with Crippen LogP contribution in [0, 0.1) is 6.92 Å². The number of rotatable bonds is 3. The Bertz CT molecular complexity index is 1300. The van der Waals surface area contributed by atoms with Crippen molar-refractivity contribution in [1.29, 1.82) is 0 Å². The molecule has 1 amide bonds. The van der Waals surface area contributed by atoms with Crippen LogP contribution in [-0.2, 0) is 0 Å². The van der Waals surface area contributed by atoms with Crippen molar-refractivity contribution in [2.75, 3.05) is 5.73 Å². The number of hydrogen-bond donors (Lipinski definition) is 1. The summed E-state index contributed by atoms with van der Waals surface area (Å²) in [6.07, 6.45) is 3.23. The normalized spacial score (nSPS) is 18.6. The van der Waals surface area contributed by atoms with Gasteiger partial charge in [-0.15, -0.1) is 11.3 Å². The smallest absolute Gasteiger partial charge is 0.266 e. The van der Waals surface area contributed by atoms with Crippen molar-refractivity contribution < 1.29 is 4.79 Å². The second kappa shape index (κ2) is 8.64. The number of aromatic nitrogens is 1. The number of benzene rings is 2. The first-order chi connectivity index (χ1) is 15.9. The predicted octanol–water partition coefficient (Wildman–Crippen LogP) is 6.92. The zero-order valence-electron chi connectivity index (χ0n) is 19.3. The van der Waals surface area contributed by atoms with E-state index in [1.54, 1.807) is 0 Å². The van der Waals surface area contributed by atoms with Gasteiger partial charge in [0.15, 0.2) is 0 Å². The van der Waals surface area contributed by atoms with Crippen LogP contribution in [0.25, 0.3) is 32.6 Å². The molecule has 3 heterocycles. The lowest BCUT2D eigenvalue weighted by Crippen LogP contribution is -2.47. The fourth-order valence-corrected chi connectivity index (χ4v) is 6.00. The number of nitrogens with two attached hydrogens (primary N) is 1. The van der Waals surface area contributed by atoms with Crippen LogP contribution in [0.4, 0.5) is 5.69 Å². The molecule has 0 aliphatic carbocycles. The number of thiophene rings is 1. The van der Waals surface area contributed by atoms with Gasteiger partial charge in [0.25, 0.3) is 5.91 Å². The van der Waals surface area contributed by atoms with Gasteiger partial charge in [-0.1, -0.05) is 60.2 Å². The number of nitrogens with zero attached hydrogens (tertiary/aromatic N) is 2. The minimum atomic E-state index is 0.0336. The first-order valence-electron chi connectivity index (χ1n) is 11.6. The minimum absolute atomic E-state index is 0.0336. The summed E-state index contributed by atoms with van der Waals surface area (Å²) in [5.41, 5.74) is 12.5. The van der Waals surface area contributed by atoms with Gasteiger partial charge in [-0.2, -0.15) is 0 Å². The van der Waals surface area contributed by atoms with Gasteiger partial charge in [-0.25, -0.2) is 4.98 Å². The summed E-state index contributed by atoms with van der Waals surface area (Å²) in [5.74, 6) is 0.0336. The van der Waals surface area contributed by atoms with E-state index >= 15 is 0 Å². The van der Waals surface area contributed by atoms with E-state index in [9.17, 15) is 4.79 Å².